The second-order valence-corrected chi connectivity index (χ2v) is 4.62. The van der Waals surface area contributed by atoms with E-state index in [1.54, 1.807) is 24.3 Å². The van der Waals surface area contributed by atoms with Crippen molar-refractivity contribution in [2.45, 2.75) is 5.92 Å². The number of methoxy groups -OCH3 is 1. The molecule has 6 heteroatoms. The number of nitro groups is 1. The van der Waals surface area contributed by atoms with Crippen LogP contribution in [0.15, 0.2) is 30.3 Å². The van der Waals surface area contributed by atoms with Crippen LogP contribution in [-0.2, 0) is 9.53 Å². The van der Waals surface area contributed by atoms with Crippen molar-refractivity contribution in [3.05, 3.63) is 46.0 Å². The van der Waals surface area contributed by atoms with Crippen LogP contribution in [0.1, 0.15) is 11.5 Å². The second kappa shape index (κ2) is 4.48. The van der Waals surface area contributed by atoms with Gasteiger partial charge in [0.15, 0.2) is 0 Å². The van der Waals surface area contributed by atoms with Crippen molar-refractivity contribution < 1.29 is 14.5 Å². The molecule has 0 fully saturated rings. The number of nitrogens with one attached hydrogen (secondary N) is 1. The molecule has 0 aromatic heterocycles. The van der Waals surface area contributed by atoms with Crippen molar-refractivity contribution in [3.63, 3.8) is 0 Å². The number of fused-ring (bicyclic) bond motifs is 3. The van der Waals surface area contributed by atoms with Crippen molar-refractivity contribution in [3.8, 4) is 0 Å². The summed E-state index contributed by atoms with van der Waals surface area (Å²) < 4.78 is 4.80. The molecule has 0 radical (unpaired) electrons. The van der Waals surface area contributed by atoms with E-state index in [1.165, 1.54) is 13.2 Å². The highest BCUT2D eigenvalue weighted by Crippen LogP contribution is 2.42. The molecule has 0 bridgehead atoms. The van der Waals surface area contributed by atoms with Gasteiger partial charge in [-0.2, -0.15) is 0 Å². The number of hydrogen-bond donors (Lipinski definition) is 1. The molecule has 3 rings (SSSR count). The van der Waals surface area contributed by atoms with Crippen LogP contribution in [0.2, 0.25) is 0 Å². The van der Waals surface area contributed by atoms with Gasteiger partial charge in [-0.05, 0) is 17.0 Å². The van der Waals surface area contributed by atoms with Gasteiger partial charge in [-0.15, -0.1) is 0 Å². The van der Waals surface area contributed by atoms with Gasteiger partial charge in [0, 0.05) is 18.3 Å². The molecule has 0 saturated carbocycles. The number of hydrogen-bond acceptors (Lipinski definition) is 5. The first-order valence-electron chi connectivity index (χ1n) is 6.15. The summed E-state index contributed by atoms with van der Waals surface area (Å²) in [5, 5.41) is 15.5. The first kappa shape index (κ1) is 12.4. The summed E-state index contributed by atoms with van der Waals surface area (Å²) in [6.07, 6.45) is 0. The summed E-state index contributed by atoms with van der Waals surface area (Å²) in [4.78, 5) is 22.6. The lowest BCUT2D eigenvalue weighted by atomic mass is 9.94. The smallest absolute Gasteiger partial charge is 0.315 e. The van der Waals surface area contributed by atoms with Gasteiger partial charge < -0.3 is 10.1 Å². The van der Waals surface area contributed by atoms with Crippen LogP contribution in [0.25, 0.3) is 10.8 Å². The molecule has 0 spiro atoms. The fourth-order valence-electron chi connectivity index (χ4n) is 2.71. The number of anilines is 1. The molecule has 0 saturated heterocycles. The third-order valence-electron chi connectivity index (χ3n) is 3.59. The van der Waals surface area contributed by atoms with E-state index in [9.17, 15) is 14.9 Å². The van der Waals surface area contributed by atoms with Crippen molar-refractivity contribution in [2.75, 3.05) is 19.0 Å². The normalized spacial score (nSPS) is 16.6. The molecule has 6 nitrogen and oxygen atoms in total. The first-order chi connectivity index (χ1) is 9.63. The molecule has 1 heterocycles. The number of rotatable bonds is 2. The van der Waals surface area contributed by atoms with Gasteiger partial charge in [-0.1, -0.05) is 18.2 Å². The predicted molar refractivity (Wildman–Crippen MR) is 73.8 cm³/mol. The number of ether oxygens (including phenoxy) is 1. The van der Waals surface area contributed by atoms with E-state index in [-0.39, 0.29) is 11.7 Å². The van der Waals surface area contributed by atoms with Gasteiger partial charge in [0.25, 0.3) is 5.69 Å². The van der Waals surface area contributed by atoms with Gasteiger partial charge in [0.1, 0.15) is 5.92 Å². The van der Waals surface area contributed by atoms with Crippen molar-refractivity contribution >= 4 is 28.1 Å². The predicted octanol–water partition coefficient (Wildman–Crippen LogP) is 2.43. The molecule has 1 N–H and O–H groups in total. The summed E-state index contributed by atoms with van der Waals surface area (Å²) in [6.45, 7) is 0.396. The van der Waals surface area contributed by atoms with Crippen LogP contribution >= 0.6 is 0 Å². The minimum atomic E-state index is -0.430. The molecule has 102 valence electrons. The zero-order valence-corrected chi connectivity index (χ0v) is 10.8. The third-order valence-corrected chi connectivity index (χ3v) is 3.59. The minimum absolute atomic E-state index is 0.0392. The van der Waals surface area contributed by atoms with Crippen LogP contribution < -0.4 is 5.32 Å². The number of nitrogens with zero attached hydrogens (tertiary/aromatic N) is 1. The number of non-ortho nitro benzene ring substituents is 1. The fraction of sp³-hybridized carbons (Fsp3) is 0.214. The number of benzene rings is 2. The number of esters is 1. The molecule has 2 aromatic carbocycles. The maximum Gasteiger partial charge on any atom is 0.315 e. The Bertz CT molecular complexity index is 726. The maximum absolute atomic E-state index is 11.8. The van der Waals surface area contributed by atoms with E-state index >= 15 is 0 Å². The van der Waals surface area contributed by atoms with Gasteiger partial charge in [-0.3, -0.25) is 14.9 Å². The van der Waals surface area contributed by atoms with Gasteiger partial charge in [-0.25, -0.2) is 0 Å². The van der Waals surface area contributed by atoms with Crippen LogP contribution in [0, 0.1) is 10.1 Å². The van der Waals surface area contributed by atoms with Crippen LogP contribution in [0.3, 0.4) is 0 Å². The average molecular weight is 272 g/mol. The lowest BCUT2D eigenvalue weighted by Crippen LogP contribution is -2.16. The van der Waals surface area contributed by atoms with E-state index < -0.39 is 10.8 Å². The van der Waals surface area contributed by atoms with E-state index in [2.05, 4.69) is 5.32 Å². The molecule has 1 atom stereocenters. The maximum atomic E-state index is 11.8. The van der Waals surface area contributed by atoms with Crippen molar-refractivity contribution in [1.82, 2.24) is 0 Å². The highest BCUT2D eigenvalue weighted by atomic mass is 16.6. The molecule has 2 aromatic rings. The Hall–Kier alpha value is -2.63. The van der Waals surface area contributed by atoms with Gasteiger partial charge >= 0.3 is 5.97 Å². The Labute approximate surface area is 114 Å². The molecular weight excluding hydrogens is 260 g/mol. The molecular formula is C14H12N2O4. The average Bonchev–Trinajstić information content (AvgIpc) is 2.89. The summed E-state index contributed by atoms with van der Waals surface area (Å²) in [5.74, 6) is -0.768. The largest absolute Gasteiger partial charge is 0.468 e. The van der Waals surface area contributed by atoms with Crippen molar-refractivity contribution in [2.24, 2.45) is 0 Å². The standard InChI is InChI=1S/C14H12N2O4/c1-20-14(17)10-7-15-11-6-12(16(18)19)8-4-2-3-5-9(8)13(10)11/h2-6,10,15H,7H2,1H3. The molecule has 20 heavy (non-hydrogen) atoms. The van der Waals surface area contributed by atoms with E-state index in [4.69, 9.17) is 4.74 Å². The summed E-state index contributed by atoms with van der Waals surface area (Å²) in [6, 6.07) is 8.53. The minimum Gasteiger partial charge on any atom is -0.468 e. The fourth-order valence-corrected chi connectivity index (χ4v) is 2.71. The topological polar surface area (TPSA) is 81.5 Å². The Balaban J connectivity index is 2.32. The summed E-state index contributed by atoms with van der Waals surface area (Å²) >= 11 is 0. The third kappa shape index (κ3) is 1.69. The highest BCUT2D eigenvalue weighted by molar-refractivity contribution is 6.02. The van der Waals surface area contributed by atoms with Crippen LogP contribution in [0.5, 0.6) is 0 Å². The molecule has 1 unspecified atom stereocenters. The zero-order chi connectivity index (χ0) is 14.3. The highest BCUT2D eigenvalue weighted by Gasteiger charge is 2.33. The quantitative estimate of drug-likeness (QED) is 0.516. The molecule has 1 aliphatic rings. The number of carbonyl (C=O) groups is 1. The molecule has 0 aliphatic carbocycles. The monoisotopic (exact) mass is 272 g/mol. The number of nitro benzene ring substituents is 1. The molecule has 1 aliphatic heterocycles. The SMILES string of the molecule is COC(=O)C1CNc2cc([N+](=O)[O-])c3ccccc3c21. The Kier molecular flexibility index (Phi) is 2.78. The van der Waals surface area contributed by atoms with Gasteiger partial charge in [0.2, 0.25) is 0 Å². The van der Waals surface area contributed by atoms with Crippen LogP contribution in [-0.4, -0.2) is 24.5 Å². The van der Waals surface area contributed by atoms with Crippen LogP contribution in [0.4, 0.5) is 11.4 Å². The molecule has 0 amide bonds. The Morgan fingerprint density at radius 2 is 2.10 bits per heavy atom. The van der Waals surface area contributed by atoms with Gasteiger partial charge in [0.05, 0.1) is 17.4 Å². The zero-order valence-electron chi connectivity index (χ0n) is 10.8. The van der Waals surface area contributed by atoms with Crippen molar-refractivity contribution in [1.29, 1.82) is 0 Å². The number of carbonyl (C=O) groups excluding carboxylic acids is 1. The first-order valence-corrected chi connectivity index (χ1v) is 6.15. The lowest BCUT2D eigenvalue weighted by molar-refractivity contribution is -0.383. The van der Waals surface area contributed by atoms with E-state index in [0.29, 0.717) is 17.6 Å². The Morgan fingerprint density at radius 3 is 2.75 bits per heavy atom. The Morgan fingerprint density at radius 1 is 1.40 bits per heavy atom. The van der Waals surface area contributed by atoms with E-state index in [0.717, 1.165) is 10.9 Å². The summed E-state index contributed by atoms with van der Waals surface area (Å²) in [7, 11) is 1.34. The lowest BCUT2D eigenvalue weighted by Gasteiger charge is -2.10. The van der Waals surface area contributed by atoms with E-state index in [1.807, 2.05) is 0 Å². The summed E-state index contributed by atoms with van der Waals surface area (Å²) in [5.41, 5.74) is 1.45. The second-order valence-electron chi connectivity index (χ2n) is 4.62.